The predicted octanol–water partition coefficient (Wildman–Crippen LogP) is 2.61. The van der Waals surface area contributed by atoms with Crippen LogP contribution in [0.2, 0.25) is 0 Å². The van der Waals surface area contributed by atoms with Crippen molar-refractivity contribution in [3.05, 3.63) is 36.2 Å². The first-order valence-electron chi connectivity index (χ1n) is 9.89. The lowest BCUT2D eigenvalue weighted by Crippen LogP contribution is -2.46. The lowest BCUT2D eigenvalue weighted by atomic mass is 9.85. The van der Waals surface area contributed by atoms with Crippen LogP contribution in [0.4, 0.5) is 5.69 Å². The van der Waals surface area contributed by atoms with Crippen LogP contribution in [0, 0.1) is 0 Å². The van der Waals surface area contributed by atoms with Gasteiger partial charge in [-0.3, -0.25) is 4.90 Å². The largest absolute Gasteiger partial charge is 0.480 e. The smallest absolute Gasteiger partial charge is 0.229 e. The van der Waals surface area contributed by atoms with Crippen molar-refractivity contribution in [2.45, 2.75) is 31.7 Å². The Bertz CT molecular complexity index is 962. The SMILES string of the molecule is COc1ncnc2ccc(N3CCN(Cc4noc(C5CCC5)n4)CC3)cc12. The zero-order valence-electron chi connectivity index (χ0n) is 16.0. The summed E-state index contributed by atoms with van der Waals surface area (Å²) in [6.45, 7) is 4.59. The molecular weight excluding hydrogens is 356 g/mol. The maximum Gasteiger partial charge on any atom is 0.229 e. The van der Waals surface area contributed by atoms with Crippen molar-refractivity contribution in [3.8, 4) is 5.88 Å². The first kappa shape index (κ1) is 17.4. The molecule has 2 fully saturated rings. The summed E-state index contributed by atoms with van der Waals surface area (Å²) in [5, 5.41) is 5.12. The zero-order valence-corrected chi connectivity index (χ0v) is 16.0. The summed E-state index contributed by atoms with van der Waals surface area (Å²) in [5.41, 5.74) is 2.07. The number of piperazine rings is 1. The highest BCUT2D eigenvalue weighted by Crippen LogP contribution is 2.35. The number of aromatic nitrogens is 4. The second-order valence-corrected chi connectivity index (χ2v) is 7.52. The van der Waals surface area contributed by atoms with Gasteiger partial charge in [-0.1, -0.05) is 11.6 Å². The summed E-state index contributed by atoms with van der Waals surface area (Å²) >= 11 is 0. The van der Waals surface area contributed by atoms with Crippen molar-refractivity contribution >= 4 is 16.6 Å². The Balaban J connectivity index is 1.23. The Kier molecular flexibility index (Phi) is 4.56. The van der Waals surface area contributed by atoms with E-state index >= 15 is 0 Å². The first-order chi connectivity index (χ1) is 13.8. The summed E-state index contributed by atoms with van der Waals surface area (Å²) in [5.74, 6) is 2.74. The van der Waals surface area contributed by atoms with E-state index in [-0.39, 0.29) is 0 Å². The van der Waals surface area contributed by atoms with Crippen molar-refractivity contribution in [3.63, 3.8) is 0 Å². The molecule has 146 valence electrons. The molecule has 28 heavy (non-hydrogen) atoms. The number of anilines is 1. The van der Waals surface area contributed by atoms with E-state index in [9.17, 15) is 0 Å². The molecule has 0 N–H and O–H groups in total. The van der Waals surface area contributed by atoms with E-state index in [1.807, 2.05) is 6.07 Å². The molecule has 1 saturated heterocycles. The Morgan fingerprint density at radius 2 is 2.00 bits per heavy atom. The fourth-order valence-electron chi connectivity index (χ4n) is 3.90. The van der Waals surface area contributed by atoms with Gasteiger partial charge in [0.15, 0.2) is 5.82 Å². The maximum absolute atomic E-state index is 5.44. The molecule has 0 atom stereocenters. The van der Waals surface area contributed by atoms with E-state index in [0.717, 1.165) is 55.3 Å². The molecule has 1 aliphatic heterocycles. The van der Waals surface area contributed by atoms with Crippen LogP contribution < -0.4 is 9.64 Å². The molecule has 0 spiro atoms. The number of fused-ring (bicyclic) bond motifs is 1. The molecule has 2 aliphatic rings. The van der Waals surface area contributed by atoms with Crippen LogP contribution in [-0.4, -0.2) is 58.3 Å². The van der Waals surface area contributed by atoms with Gasteiger partial charge in [-0.25, -0.2) is 9.97 Å². The number of benzene rings is 1. The third kappa shape index (κ3) is 3.28. The van der Waals surface area contributed by atoms with Gasteiger partial charge in [-0.15, -0.1) is 0 Å². The van der Waals surface area contributed by atoms with Gasteiger partial charge in [0.25, 0.3) is 0 Å². The number of nitrogens with zero attached hydrogens (tertiary/aromatic N) is 6. The van der Waals surface area contributed by atoms with Crippen molar-refractivity contribution in [2.75, 3.05) is 38.2 Å². The van der Waals surface area contributed by atoms with Gasteiger partial charge < -0.3 is 14.2 Å². The van der Waals surface area contributed by atoms with Crippen LogP contribution in [-0.2, 0) is 6.54 Å². The van der Waals surface area contributed by atoms with E-state index in [2.05, 4.69) is 42.0 Å². The zero-order chi connectivity index (χ0) is 18.9. The van der Waals surface area contributed by atoms with Gasteiger partial charge in [0, 0.05) is 37.8 Å². The van der Waals surface area contributed by atoms with E-state index in [1.165, 1.54) is 31.3 Å². The second-order valence-electron chi connectivity index (χ2n) is 7.52. The molecule has 1 saturated carbocycles. The molecule has 1 aromatic carbocycles. The lowest BCUT2D eigenvalue weighted by Gasteiger charge is -2.35. The molecule has 2 aromatic heterocycles. The Morgan fingerprint density at radius 3 is 2.75 bits per heavy atom. The summed E-state index contributed by atoms with van der Waals surface area (Å²) in [4.78, 5) is 17.9. The Hall–Kier alpha value is -2.74. The number of ether oxygens (including phenoxy) is 1. The fraction of sp³-hybridized carbons (Fsp3) is 0.500. The third-order valence-electron chi connectivity index (χ3n) is 5.82. The highest BCUT2D eigenvalue weighted by Gasteiger charge is 2.26. The number of rotatable bonds is 5. The molecule has 0 unspecified atom stereocenters. The molecule has 0 radical (unpaired) electrons. The molecule has 8 heteroatoms. The fourth-order valence-corrected chi connectivity index (χ4v) is 3.90. The third-order valence-corrected chi connectivity index (χ3v) is 5.82. The number of hydrogen-bond donors (Lipinski definition) is 0. The average molecular weight is 380 g/mol. The summed E-state index contributed by atoms with van der Waals surface area (Å²) in [6, 6.07) is 6.27. The van der Waals surface area contributed by atoms with Crippen LogP contribution in [0.3, 0.4) is 0 Å². The van der Waals surface area contributed by atoms with Crippen LogP contribution in [0.25, 0.3) is 10.9 Å². The number of hydrogen-bond acceptors (Lipinski definition) is 8. The van der Waals surface area contributed by atoms with Gasteiger partial charge in [-0.2, -0.15) is 4.98 Å². The summed E-state index contributed by atoms with van der Waals surface area (Å²) in [7, 11) is 1.64. The molecule has 1 aliphatic carbocycles. The van der Waals surface area contributed by atoms with Gasteiger partial charge >= 0.3 is 0 Å². The normalized spacial score (nSPS) is 18.4. The minimum absolute atomic E-state index is 0.493. The van der Waals surface area contributed by atoms with E-state index in [0.29, 0.717) is 11.8 Å². The van der Waals surface area contributed by atoms with Crippen LogP contribution in [0.15, 0.2) is 29.0 Å². The van der Waals surface area contributed by atoms with E-state index < -0.39 is 0 Å². The standard InChI is InChI=1S/C20H24N6O2/c1-27-20-16-11-15(5-6-17(16)21-13-22-20)26-9-7-25(8-10-26)12-18-23-19(28-24-18)14-3-2-4-14/h5-6,11,13-14H,2-4,7-10,12H2,1H3. The quantitative estimate of drug-likeness (QED) is 0.668. The van der Waals surface area contributed by atoms with Crippen LogP contribution in [0.1, 0.15) is 36.9 Å². The van der Waals surface area contributed by atoms with Crippen molar-refractivity contribution in [2.24, 2.45) is 0 Å². The highest BCUT2D eigenvalue weighted by atomic mass is 16.5. The lowest BCUT2D eigenvalue weighted by molar-refractivity contribution is 0.238. The predicted molar refractivity (Wildman–Crippen MR) is 104 cm³/mol. The molecule has 5 rings (SSSR count). The molecule has 0 amide bonds. The molecule has 0 bridgehead atoms. The monoisotopic (exact) mass is 380 g/mol. The minimum Gasteiger partial charge on any atom is -0.480 e. The Labute approximate surface area is 163 Å². The minimum atomic E-state index is 0.493. The maximum atomic E-state index is 5.44. The highest BCUT2D eigenvalue weighted by molar-refractivity contribution is 5.86. The molecule has 8 nitrogen and oxygen atoms in total. The van der Waals surface area contributed by atoms with Gasteiger partial charge in [0.05, 0.1) is 24.6 Å². The van der Waals surface area contributed by atoms with Crippen LogP contribution in [0.5, 0.6) is 5.88 Å². The summed E-state index contributed by atoms with van der Waals surface area (Å²) in [6.07, 6.45) is 5.18. The van der Waals surface area contributed by atoms with Gasteiger partial charge in [0.2, 0.25) is 11.8 Å². The van der Waals surface area contributed by atoms with E-state index in [1.54, 1.807) is 7.11 Å². The van der Waals surface area contributed by atoms with E-state index in [4.69, 9.17) is 9.26 Å². The first-order valence-corrected chi connectivity index (χ1v) is 9.89. The molecule has 3 aromatic rings. The van der Waals surface area contributed by atoms with Crippen molar-refractivity contribution in [1.29, 1.82) is 0 Å². The topological polar surface area (TPSA) is 80.4 Å². The second kappa shape index (κ2) is 7.35. The van der Waals surface area contributed by atoms with Crippen molar-refractivity contribution in [1.82, 2.24) is 25.0 Å². The Morgan fingerprint density at radius 1 is 1.14 bits per heavy atom. The van der Waals surface area contributed by atoms with Gasteiger partial charge in [-0.05, 0) is 31.0 Å². The molecular formula is C20H24N6O2. The average Bonchev–Trinajstić information content (AvgIpc) is 3.14. The number of methoxy groups -OCH3 is 1. The molecule has 3 heterocycles. The van der Waals surface area contributed by atoms with Crippen LogP contribution >= 0.6 is 0 Å². The van der Waals surface area contributed by atoms with Gasteiger partial charge in [0.1, 0.15) is 6.33 Å². The summed E-state index contributed by atoms with van der Waals surface area (Å²) < 4.78 is 10.8. The van der Waals surface area contributed by atoms with Crippen molar-refractivity contribution < 1.29 is 9.26 Å².